The number of aromatic nitrogens is 1. The molecule has 0 amide bonds. The monoisotopic (exact) mass is 218 g/mol. The number of anilines is 1. The maximum absolute atomic E-state index is 11.4. The zero-order chi connectivity index (χ0) is 11.8. The van der Waals surface area contributed by atoms with Gasteiger partial charge < -0.3 is 10.1 Å². The number of methoxy groups -OCH3 is 1. The normalized spacial score (nSPS) is 9.25. The van der Waals surface area contributed by atoms with Crippen molar-refractivity contribution in [2.45, 2.75) is 12.8 Å². The number of carbonyl (C=O) groups excluding carboxylic acids is 1. The van der Waals surface area contributed by atoms with Crippen LogP contribution in [-0.4, -0.2) is 24.6 Å². The molecule has 16 heavy (non-hydrogen) atoms. The van der Waals surface area contributed by atoms with Crippen molar-refractivity contribution in [2.75, 3.05) is 19.0 Å². The molecular formula is C12H14N2O2. The van der Waals surface area contributed by atoms with Gasteiger partial charge in [0, 0.05) is 19.2 Å². The number of nitrogens with zero attached hydrogens (tertiary/aromatic N) is 1. The van der Waals surface area contributed by atoms with E-state index in [1.165, 1.54) is 7.11 Å². The number of terminal acetylenes is 1. The lowest BCUT2D eigenvalue weighted by molar-refractivity contribution is 0.0601. The lowest BCUT2D eigenvalue weighted by atomic mass is 10.2. The highest BCUT2D eigenvalue weighted by Gasteiger charge is 2.11. The fraction of sp³-hybridized carbons (Fsp3) is 0.333. The van der Waals surface area contributed by atoms with Crippen molar-refractivity contribution < 1.29 is 9.53 Å². The molecule has 0 aromatic carbocycles. The zero-order valence-corrected chi connectivity index (χ0v) is 9.19. The number of unbranched alkanes of at least 4 members (excludes halogenated alkanes) is 1. The second-order valence-corrected chi connectivity index (χ2v) is 3.13. The number of rotatable bonds is 5. The van der Waals surface area contributed by atoms with Crippen LogP contribution < -0.4 is 5.32 Å². The Morgan fingerprint density at radius 2 is 2.50 bits per heavy atom. The Labute approximate surface area is 95.0 Å². The molecule has 0 bridgehead atoms. The molecule has 0 atom stereocenters. The van der Waals surface area contributed by atoms with E-state index in [2.05, 4.69) is 21.0 Å². The fourth-order valence-corrected chi connectivity index (χ4v) is 1.22. The molecule has 4 nitrogen and oxygen atoms in total. The van der Waals surface area contributed by atoms with Crippen LogP contribution in [0.2, 0.25) is 0 Å². The number of pyridine rings is 1. The van der Waals surface area contributed by atoms with Gasteiger partial charge in [-0.3, -0.25) is 0 Å². The standard InChI is InChI=1S/C12H14N2O2/c1-3-4-5-8-13-11-10(12(15)16-2)7-6-9-14-11/h1,6-7,9H,4-5,8H2,2H3,(H,13,14). The van der Waals surface area contributed by atoms with E-state index in [4.69, 9.17) is 6.42 Å². The van der Waals surface area contributed by atoms with E-state index in [1.54, 1.807) is 18.3 Å². The highest BCUT2D eigenvalue weighted by Crippen LogP contribution is 2.12. The number of esters is 1. The van der Waals surface area contributed by atoms with Gasteiger partial charge in [-0.25, -0.2) is 9.78 Å². The van der Waals surface area contributed by atoms with Crippen molar-refractivity contribution >= 4 is 11.8 Å². The van der Waals surface area contributed by atoms with Gasteiger partial charge >= 0.3 is 5.97 Å². The van der Waals surface area contributed by atoms with E-state index in [1.807, 2.05) is 0 Å². The fourth-order valence-electron chi connectivity index (χ4n) is 1.22. The molecule has 0 saturated heterocycles. The summed E-state index contributed by atoms with van der Waals surface area (Å²) in [5, 5.41) is 3.06. The van der Waals surface area contributed by atoms with Crippen LogP contribution in [0.15, 0.2) is 18.3 Å². The van der Waals surface area contributed by atoms with Crippen molar-refractivity contribution in [1.82, 2.24) is 4.98 Å². The summed E-state index contributed by atoms with van der Waals surface area (Å²) in [4.78, 5) is 15.5. The molecule has 1 N–H and O–H groups in total. The van der Waals surface area contributed by atoms with Gasteiger partial charge in [0.05, 0.1) is 7.11 Å². The summed E-state index contributed by atoms with van der Waals surface area (Å²) >= 11 is 0. The van der Waals surface area contributed by atoms with Crippen molar-refractivity contribution in [2.24, 2.45) is 0 Å². The van der Waals surface area contributed by atoms with Crippen molar-refractivity contribution in [3.8, 4) is 12.3 Å². The summed E-state index contributed by atoms with van der Waals surface area (Å²) in [6, 6.07) is 3.36. The second kappa shape index (κ2) is 6.46. The Kier molecular flexibility index (Phi) is 4.87. The first kappa shape index (κ1) is 12.1. The molecule has 0 radical (unpaired) electrons. The Bertz CT molecular complexity index is 396. The molecule has 1 heterocycles. The van der Waals surface area contributed by atoms with E-state index in [-0.39, 0.29) is 0 Å². The predicted molar refractivity (Wildman–Crippen MR) is 62.1 cm³/mol. The van der Waals surface area contributed by atoms with Crippen LogP contribution in [0.1, 0.15) is 23.2 Å². The summed E-state index contributed by atoms with van der Waals surface area (Å²) in [5.41, 5.74) is 0.436. The summed E-state index contributed by atoms with van der Waals surface area (Å²) in [5.74, 6) is 2.69. The molecule has 1 aromatic heterocycles. The molecule has 0 unspecified atom stereocenters. The first-order chi connectivity index (χ1) is 7.79. The van der Waals surface area contributed by atoms with Gasteiger partial charge in [-0.15, -0.1) is 12.3 Å². The predicted octanol–water partition coefficient (Wildman–Crippen LogP) is 1.69. The number of hydrogen-bond acceptors (Lipinski definition) is 4. The van der Waals surface area contributed by atoms with Gasteiger partial charge in [-0.05, 0) is 18.6 Å². The van der Waals surface area contributed by atoms with Gasteiger partial charge in [-0.1, -0.05) is 0 Å². The Morgan fingerprint density at radius 3 is 3.19 bits per heavy atom. The largest absolute Gasteiger partial charge is 0.465 e. The van der Waals surface area contributed by atoms with Crippen LogP contribution in [-0.2, 0) is 4.74 Å². The van der Waals surface area contributed by atoms with Crippen LogP contribution in [0.5, 0.6) is 0 Å². The van der Waals surface area contributed by atoms with E-state index in [0.717, 1.165) is 6.42 Å². The first-order valence-corrected chi connectivity index (χ1v) is 5.00. The lowest BCUT2D eigenvalue weighted by Crippen LogP contribution is -2.10. The number of carbonyl (C=O) groups is 1. The molecule has 0 aliphatic heterocycles. The summed E-state index contributed by atoms with van der Waals surface area (Å²) < 4.78 is 4.65. The molecule has 84 valence electrons. The van der Waals surface area contributed by atoms with E-state index < -0.39 is 5.97 Å². The number of ether oxygens (including phenoxy) is 1. The van der Waals surface area contributed by atoms with Gasteiger partial charge in [0.2, 0.25) is 0 Å². The van der Waals surface area contributed by atoms with Gasteiger partial charge in [0.25, 0.3) is 0 Å². The SMILES string of the molecule is C#CCCCNc1ncccc1C(=O)OC. The quantitative estimate of drug-likeness (QED) is 0.464. The summed E-state index contributed by atoms with van der Waals surface area (Å²) in [7, 11) is 1.34. The molecule has 0 fully saturated rings. The minimum Gasteiger partial charge on any atom is -0.465 e. The zero-order valence-electron chi connectivity index (χ0n) is 9.19. The van der Waals surface area contributed by atoms with Crippen molar-refractivity contribution in [1.29, 1.82) is 0 Å². The highest BCUT2D eigenvalue weighted by molar-refractivity contribution is 5.94. The number of nitrogens with one attached hydrogen (secondary N) is 1. The van der Waals surface area contributed by atoms with Gasteiger partial charge in [0.15, 0.2) is 0 Å². The Hall–Kier alpha value is -2.02. The average molecular weight is 218 g/mol. The molecule has 0 aliphatic rings. The van der Waals surface area contributed by atoms with E-state index >= 15 is 0 Å². The topological polar surface area (TPSA) is 51.2 Å². The Morgan fingerprint density at radius 1 is 1.69 bits per heavy atom. The minimum absolute atomic E-state index is 0.396. The summed E-state index contributed by atoms with van der Waals surface area (Å²) in [6.45, 7) is 0.686. The minimum atomic E-state index is -0.396. The maximum Gasteiger partial charge on any atom is 0.341 e. The molecule has 0 aliphatic carbocycles. The lowest BCUT2D eigenvalue weighted by Gasteiger charge is -2.08. The molecule has 1 aromatic rings. The third-order valence-electron chi connectivity index (χ3n) is 2.00. The molecule has 4 heteroatoms. The maximum atomic E-state index is 11.4. The van der Waals surface area contributed by atoms with Crippen LogP contribution in [0.3, 0.4) is 0 Å². The van der Waals surface area contributed by atoms with E-state index in [0.29, 0.717) is 24.3 Å². The van der Waals surface area contributed by atoms with Gasteiger partial charge in [0.1, 0.15) is 11.4 Å². The third-order valence-corrected chi connectivity index (χ3v) is 2.00. The third kappa shape index (κ3) is 3.28. The van der Waals surface area contributed by atoms with Crippen molar-refractivity contribution in [3.05, 3.63) is 23.9 Å². The van der Waals surface area contributed by atoms with Crippen LogP contribution >= 0.6 is 0 Å². The molecule has 1 rings (SSSR count). The smallest absolute Gasteiger partial charge is 0.341 e. The summed E-state index contributed by atoms with van der Waals surface area (Å²) in [6.07, 6.45) is 8.30. The van der Waals surface area contributed by atoms with Crippen molar-refractivity contribution in [3.63, 3.8) is 0 Å². The highest BCUT2D eigenvalue weighted by atomic mass is 16.5. The second-order valence-electron chi connectivity index (χ2n) is 3.13. The first-order valence-electron chi connectivity index (χ1n) is 5.00. The van der Waals surface area contributed by atoms with Crippen LogP contribution in [0, 0.1) is 12.3 Å². The van der Waals surface area contributed by atoms with E-state index in [9.17, 15) is 4.79 Å². The molecule has 0 saturated carbocycles. The number of hydrogen-bond donors (Lipinski definition) is 1. The van der Waals surface area contributed by atoms with Crippen LogP contribution in [0.25, 0.3) is 0 Å². The van der Waals surface area contributed by atoms with Crippen LogP contribution in [0.4, 0.5) is 5.82 Å². The Balaban J connectivity index is 2.65. The molecular weight excluding hydrogens is 204 g/mol. The van der Waals surface area contributed by atoms with Gasteiger partial charge in [-0.2, -0.15) is 0 Å². The molecule has 0 spiro atoms. The average Bonchev–Trinajstić information content (AvgIpc) is 2.34.